The van der Waals surface area contributed by atoms with Gasteiger partial charge in [-0.1, -0.05) is 12.1 Å². The van der Waals surface area contributed by atoms with Gasteiger partial charge in [0, 0.05) is 38.8 Å². The molecule has 1 atom stereocenters. The Morgan fingerprint density at radius 2 is 1.91 bits per heavy atom. The number of piperazine rings is 1. The molecule has 0 amide bonds. The van der Waals surface area contributed by atoms with E-state index in [1.54, 1.807) is 0 Å². The maximum absolute atomic E-state index is 5.89. The van der Waals surface area contributed by atoms with E-state index in [9.17, 15) is 0 Å². The highest BCUT2D eigenvalue weighted by molar-refractivity contribution is 5.74. The molecule has 0 aliphatic carbocycles. The number of hydrogen-bond acceptors (Lipinski definition) is 5. The zero-order chi connectivity index (χ0) is 14.9. The van der Waals surface area contributed by atoms with E-state index < -0.39 is 0 Å². The summed E-state index contributed by atoms with van der Waals surface area (Å²) in [6.45, 7) is 6.69. The van der Waals surface area contributed by atoms with Gasteiger partial charge >= 0.3 is 0 Å². The summed E-state index contributed by atoms with van der Waals surface area (Å²) >= 11 is 0. The van der Waals surface area contributed by atoms with Crippen LogP contribution in [-0.2, 0) is 0 Å². The number of rotatable bonds is 2. The summed E-state index contributed by atoms with van der Waals surface area (Å²) in [5.41, 5.74) is 1.84. The van der Waals surface area contributed by atoms with Crippen molar-refractivity contribution in [3.8, 4) is 0 Å². The number of anilines is 1. The fourth-order valence-electron chi connectivity index (χ4n) is 3.71. The number of aromatic nitrogens is 1. The van der Waals surface area contributed by atoms with Gasteiger partial charge in [-0.3, -0.25) is 4.90 Å². The van der Waals surface area contributed by atoms with E-state index in [2.05, 4.69) is 26.7 Å². The zero-order valence-electron chi connectivity index (χ0n) is 13.2. The number of para-hydroxylation sites is 2. The van der Waals surface area contributed by atoms with E-state index in [0.717, 1.165) is 49.3 Å². The van der Waals surface area contributed by atoms with Crippen molar-refractivity contribution in [3.05, 3.63) is 24.3 Å². The number of likely N-dealkylation sites (tertiary alicyclic amines) is 1. The van der Waals surface area contributed by atoms with Crippen molar-refractivity contribution in [1.29, 1.82) is 0 Å². The molecule has 5 heteroatoms. The Morgan fingerprint density at radius 1 is 1.09 bits per heavy atom. The van der Waals surface area contributed by atoms with Gasteiger partial charge in [-0.15, -0.1) is 0 Å². The average Bonchev–Trinajstić information content (AvgIpc) is 2.99. The van der Waals surface area contributed by atoms with E-state index in [4.69, 9.17) is 4.42 Å². The molecule has 22 heavy (non-hydrogen) atoms. The Balaban J connectivity index is 1.41. The van der Waals surface area contributed by atoms with Crippen molar-refractivity contribution in [3.63, 3.8) is 0 Å². The van der Waals surface area contributed by atoms with Crippen LogP contribution in [0, 0.1) is 0 Å². The number of hydrogen-bond donors (Lipinski definition) is 0. The number of benzene rings is 1. The van der Waals surface area contributed by atoms with E-state index in [-0.39, 0.29) is 0 Å². The van der Waals surface area contributed by atoms with Crippen molar-refractivity contribution >= 4 is 17.1 Å². The highest BCUT2D eigenvalue weighted by Crippen LogP contribution is 2.24. The van der Waals surface area contributed by atoms with E-state index in [1.165, 1.54) is 25.9 Å². The Kier molecular flexibility index (Phi) is 3.76. The van der Waals surface area contributed by atoms with Crippen molar-refractivity contribution in [2.24, 2.45) is 0 Å². The normalized spacial score (nSPS) is 25.0. The highest BCUT2D eigenvalue weighted by atomic mass is 16.4. The first-order valence-electron chi connectivity index (χ1n) is 8.33. The highest BCUT2D eigenvalue weighted by Gasteiger charge is 2.28. The zero-order valence-corrected chi connectivity index (χ0v) is 13.2. The van der Waals surface area contributed by atoms with Crippen molar-refractivity contribution in [2.45, 2.75) is 18.9 Å². The van der Waals surface area contributed by atoms with Crippen LogP contribution in [0.4, 0.5) is 6.01 Å². The lowest BCUT2D eigenvalue weighted by atomic mass is 10.0. The van der Waals surface area contributed by atoms with Gasteiger partial charge in [0.1, 0.15) is 5.52 Å². The van der Waals surface area contributed by atoms with Crippen LogP contribution in [0.25, 0.3) is 11.1 Å². The van der Waals surface area contributed by atoms with Crippen LogP contribution < -0.4 is 4.90 Å². The SMILES string of the molecule is CN1CCCC(N2CCN(c3nc4ccccc4o3)CC2)C1. The molecule has 1 aromatic heterocycles. The number of piperidine rings is 1. The molecule has 0 N–H and O–H groups in total. The second-order valence-corrected chi connectivity index (χ2v) is 6.55. The van der Waals surface area contributed by atoms with E-state index >= 15 is 0 Å². The fourth-order valence-corrected chi connectivity index (χ4v) is 3.71. The monoisotopic (exact) mass is 300 g/mol. The van der Waals surface area contributed by atoms with Gasteiger partial charge in [0.15, 0.2) is 5.58 Å². The molecule has 4 rings (SSSR count). The smallest absolute Gasteiger partial charge is 0.298 e. The topological polar surface area (TPSA) is 35.8 Å². The molecule has 0 bridgehead atoms. The van der Waals surface area contributed by atoms with Crippen LogP contribution in [0.15, 0.2) is 28.7 Å². The quantitative estimate of drug-likeness (QED) is 0.848. The first kappa shape index (κ1) is 14.0. The third kappa shape index (κ3) is 2.71. The summed E-state index contributed by atoms with van der Waals surface area (Å²) in [6.07, 6.45) is 2.67. The standard InChI is InChI=1S/C17H24N4O/c1-19-8-4-5-14(13-19)20-9-11-21(12-10-20)17-18-15-6-2-3-7-16(15)22-17/h2-3,6-7,14H,4-5,8-13H2,1H3. The summed E-state index contributed by atoms with van der Waals surface area (Å²) in [5.74, 6) is 0. The van der Waals surface area contributed by atoms with Crippen LogP contribution in [0.2, 0.25) is 0 Å². The molecule has 1 unspecified atom stereocenters. The fraction of sp³-hybridized carbons (Fsp3) is 0.588. The summed E-state index contributed by atoms with van der Waals surface area (Å²) in [4.78, 5) is 12.0. The predicted octanol–water partition coefficient (Wildman–Crippen LogP) is 2.04. The van der Waals surface area contributed by atoms with Crippen molar-refractivity contribution in [2.75, 3.05) is 51.2 Å². The molecule has 1 aromatic carbocycles. The van der Waals surface area contributed by atoms with Crippen LogP contribution in [0.5, 0.6) is 0 Å². The molecule has 0 radical (unpaired) electrons. The van der Waals surface area contributed by atoms with Gasteiger partial charge in [-0.25, -0.2) is 0 Å². The van der Waals surface area contributed by atoms with Gasteiger partial charge in [0.2, 0.25) is 0 Å². The Labute approximate surface area is 131 Å². The minimum Gasteiger partial charge on any atom is -0.423 e. The molecule has 5 nitrogen and oxygen atoms in total. The summed E-state index contributed by atoms with van der Waals surface area (Å²) < 4.78 is 5.89. The van der Waals surface area contributed by atoms with E-state index in [0.29, 0.717) is 0 Å². The molecule has 2 saturated heterocycles. The summed E-state index contributed by atoms with van der Waals surface area (Å²) in [7, 11) is 2.24. The van der Waals surface area contributed by atoms with Crippen molar-refractivity contribution in [1.82, 2.24) is 14.8 Å². The van der Waals surface area contributed by atoms with E-state index in [1.807, 2.05) is 24.3 Å². The lowest BCUT2D eigenvalue weighted by molar-refractivity contribution is 0.106. The number of likely N-dealkylation sites (N-methyl/N-ethyl adjacent to an activating group) is 1. The molecule has 3 heterocycles. The van der Waals surface area contributed by atoms with Gasteiger partial charge < -0.3 is 14.2 Å². The lowest BCUT2D eigenvalue weighted by Gasteiger charge is -2.42. The Morgan fingerprint density at radius 3 is 2.68 bits per heavy atom. The maximum Gasteiger partial charge on any atom is 0.298 e. The van der Waals surface area contributed by atoms with Gasteiger partial charge in [0.05, 0.1) is 0 Å². The number of nitrogens with zero attached hydrogens (tertiary/aromatic N) is 4. The molecule has 118 valence electrons. The van der Waals surface area contributed by atoms with Crippen molar-refractivity contribution < 1.29 is 4.42 Å². The molecule has 2 aliphatic heterocycles. The van der Waals surface area contributed by atoms with Gasteiger partial charge in [-0.05, 0) is 38.6 Å². The van der Waals surface area contributed by atoms with Crippen LogP contribution >= 0.6 is 0 Å². The minimum absolute atomic E-state index is 0.726. The summed E-state index contributed by atoms with van der Waals surface area (Å²) in [6, 6.07) is 9.50. The molecule has 2 aromatic rings. The van der Waals surface area contributed by atoms with Crippen LogP contribution in [0.1, 0.15) is 12.8 Å². The molecule has 0 saturated carbocycles. The summed E-state index contributed by atoms with van der Waals surface area (Å²) in [5, 5.41) is 0. The Bertz CT molecular complexity index is 599. The van der Waals surface area contributed by atoms with Gasteiger partial charge in [-0.2, -0.15) is 4.98 Å². The first-order valence-corrected chi connectivity index (χ1v) is 8.33. The molecule has 2 fully saturated rings. The average molecular weight is 300 g/mol. The second kappa shape index (κ2) is 5.89. The van der Waals surface area contributed by atoms with Crippen LogP contribution in [-0.4, -0.2) is 67.1 Å². The molecule has 2 aliphatic rings. The third-order valence-electron chi connectivity index (χ3n) is 4.98. The van der Waals surface area contributed by atoms with Gasteiger partial charge in [0.25, 0.3) is 6.01 Å². The molecular weight excluding hydrogens is 276 g/mol. The maximum atomic E-state index is 5.89. The van der Waals surface area contributed by atoms with Crippen LogP contribution in [0.3, 0.4) is 0 Å². The first-order chi connectivity index (χ1) is 10.8. The predicted molar refractivity (Wildman–Crippen MR) is 88.3 cm³/mol. The second-order valence-electron chi connectivity index (χ2n) is 6.55. The minimum atomic E-state index is 0.726. The molecular formula is C17H24N4O. The largest absolute Gasteiger partial charge is 0.423 e. The molecule has 0 spiro atoms. The number of fused-ring (bicyclic) bond motifs is 1. The third-order valence-corrected chi connectivity index (χ3v) is 4.98. The Hall–Kier alpha value is -1.59. The number of oxazole rings is 1. The lowest BCUT2D eigenvalue weighted by Crippen LogP contribution is -2.54.